The topological polar surface area (TPSA) is 83.4 Å². The molecule has 1 aromatic rings. The quantitative estimate of drug-likeness (QED) is 0.691. The molecule has 1 saturated heterocycles. The van der Waals surface area contributed by atoms with Crippen molar-refractivity contribution in [3.8, 4) is 0 Å². The number of anilines is 2. The molecule has 8 heteroatoms. The highest BCUT2D eigenvalue weighted by Crippen LogP contribution is 2.18. The lowest BCUT2D eigenvalue weighted by Crippen LogP contribution is -2.21. The lowest BCUT2D eigenvalue weighted by molar-refractivity contribution is 0.0921. The van der Waals surface area contributed by atoms with Crippen LogP contribution in [0.5, 0.6) is 0 Å². The molecular weight excluding hydrogens is 282 g/mol. The van der Waals surface area contributed by atoms with Crippen molar-refractivity contribution in [2.24, 2.45) is 0 Å². The number of ether oxygens (including phenoxy) is 1. The standard InChI is InChI=1S/C12H20ClN5O2/c13-10-15-11(14-4-3-8-20-9-7-19)17-12(16-10)18-5-1-2-6-18/h19H,1-9H2,(H,14,15,16,17). The van der Waals surface area contributed by atoms with Gasteiger partial charge >= 0.3 is 0 Å². The number of halogens is 1. The van der Waals surface area contributed by atoms with Crippen molar-refractivity contribution < 1.29 is 9.84 Å². The summed E-state index contributed by atoms with van der Waals surface area (Å²) in [6.45, 7) is 3.63. The molecule has 0 aromatic carbocycles. The van der Waals surface area contributed by atoms with Gasteiger partial charge in [-0.15, -0.1) is 0 Å². The summed E-state index contributed by atoms with van der Waals surface area (Å²) >= 11 is 5.93. The number of rotatable bonds is 8. The van der Waals surface area contributed by atoms with Gasteiger partial charge in [-0.05, 0) is 30.9 Å². The van der Waals surface area contributed by atoms with E-state index in [-0.39, 0.29) is 11.9 Å². The van der Waals surface area contributed by atoms with Crippen molar-refractivity contribution in [1.82, 2.24) is 15.0 Å². The first-order valence-electron chi connectivity index (χ1n) is 6.88. The number of aliphatic hydroxyl groups is 1. The summed E-state index contributed by atoms with van der Waals surface area (Å²) in [5.74, 6) is 1.13. The molecule has 0 radical (unpaired) electrons. The Labute approximate surface area is 123 Å². The van der Waals surface area contributed by atoms with E-state index in [1.165, 1.54) is 0 Å². The van der Waals surface area contributed by atoms with Gasteiger partial charge in [-0.25, -0.2) is 0 Å². The maximum Gasteiger partial charge on any atom is 0.231 e. The highest BCUT2D eigenvalue weighted by atomic mass is 35.5. The van der Waals surface area contributed by atoms with Crippen LogP contribution >= 0.6 is 11.6 Å². The number of nitrogens with zero attached hydrogens (tertiary/aromatic N) is 4. The first-order valence-corrected chi connectivity index (χ1v) is 7.26. The van der Waals surface area contributed by atoms with Crippen molar-refractivity contribution in [2.45, 2.75) is 19.3 Å². The molecule has 1 aliphatic heterocycles. The first kappa shape index (κ1) is 15.2. The van der Waals surface area contributed by atoms with Gasteiger partial charge in [0, 0.05) is 26.2 Å². The fourth-order valence-electron chi connectivity index (χ4n) is 2.02. The minimum Gasteiger partial charge on any atom is -0.394 e. The van der Waals surface area contributed by atoms with Gasteiger partial charge in [-0.1, -0.05) is 0 Å². The van der Waals surface area contributed by atoms with E-state index in [9.17, 15) is 0 Å². The fraction of sp³-hybridized carbons (Fsp3) is 0.750. The fourth-order valence-corrected chi connectivity index (χ4v) is 2.17. The van der Waals surface area contributed by atoms with Crippen molar-refractivity contribution in [3.05, 3.63) is 5.28 Å². The lowest BCUT2D eigenvalue weighted by atomic mass is 10.4. The van der Waals surface area contributed by atoms with Gasteiger partial charge < -0.3 is 20.1 Å². The molecule has 0 saturated carbocycles. The molecule has 112 valence electrons. The smallest absolute Gasteiger partial charge is 0.231 e. The third kappa shape index (κ3) is 4.73. The van der Waals surface area contributed by atoms with Crippen LogP contribution in [0.2, 0.25) is 5.28 Å². The second-order valence-electron chi connectivity index (χ2n) is 4.54. The average Bonchev–Trinajstić information content (AvgIpc) is 2.96. The Kier molecular flexibility index (Phi) is 6.23. The van der Waals surface area contributed by atoms with E-state index < -0.39 is 0 Å². The molecule has 0 unspecified atom stereocenters. The molecule has 2 N–H and O–H groups in total. The van der Waals surface area contributed by atoms with E-state index >= 15 is 0 Å². The highest BCUT2D eigenvalue weighted by Gasteiger charge is 2.16. The molecule has 0 spiro atoms. The second kappa shape index (κ2) is 8.18. The molecule has 2 rings (SSSR count). The summed E-state index contributed by atoms with van der Waals surface area (Å²) in [5, 5.41) is 11.9. The van der Waals surface area contributed by atoms with Crippen molar-refractivity contribution in [1.29, 1.82) is 0 Å². The van der Waals surface area contributed by atoms with Crippen molar-refractivity contribution in [2.75, 3.05) is 49.7 Å². The first-order chi connectivity index (χ1) is 9.79. The summed E-state index contributed by atoms with van der Waals surface area (Å²) < 4.78 is 5.17. The zero-order chi connectivity index (χ0) is 14.2. The van der Waals surface area contributed by atoms with Gasteiger partial charge in [-0.2, -0.15) is 15.0 Å². The highest BCUT2D eigenvalue weighted by molar-refractivity contribution is 6.28. The number of aliphatic hydroxyl groups excluding tert-OH is 1. The van der Waals surface area contributed by atoms with Crippen LogP contribution < -0.4 is 10.2 Å². The van der Waals surface area contributed by atoms with Gasteiger partial charge in [0.05, 0.1) is 13.2 Å². The van der Waals surface area contributed by atoms with Crippen LogP contribution in [-0.4, -0.2) is 59.5 Å². The van der Waals surface area contributed by atoms with E-state index in [2.05, 4.69) is 25.2 Å². The third-order valence-electron chi connectivity index (χ3n) is 2.97. The Morgan fingerprint density at radius 3 is 2.75 bits per heavy atom. The second-order valence-corrected chi connectivity index (χ2v) is 4.88. The maximum absolute atomic E-state index is 8.58. The number of hydrogen-bond acceptors (Lipinski definition) is 7. The van der Waals surface area contributed by atoms with Crippen LogP contribution in [0.4, 0.5) is 11.9 Å². The van der Waals surface area contributed by atoms with Crippen LogP contribution in [0.25, 0.3) is 0 Å². The predicted molar refractivity (Wildman–Crippen MR) is 77.3 cm³/mol. The molecular formula is C12H20ClN5O2. The van der Waals surface area contributed by atoms with E-state index in [1.807, 2.05) is 0 Å². The van der Waals surface area contributed by atoms with Crippen molar-refractivity contribution >= 4 is 23.5 Å². The predicted octanol–water partition coefficient (Wildman–Crippen LogP) is 0.936. The monoisotopic (exact) mass is 301 g/mol. The van der Waals surface area contributed by atoms with Gasteiger partial charge in [0.15, 0.2) is 0 Å². The van der Waals surface area contributed by atoms with Crippen LogP contribution in [-0.2, 0) is 4.74 Å². The maximum atomic E-state index is 8.58. The Morgan fingerprint density at radius 1 is 1.20 bits per heavy atom. The molecule has 2 heterocycles. The number of nitrogens with one attached hydrogen (secondary N) is 1. The molecule has 0 bridgehead atoms. The summed E-state index contributed by atoms with van der Waals surface area (Å²) in [7, 11) is 0. The zero-order valence-corrected chi connectivity index (χ0v) is 12.1. The Bertz CT molecular complexity index is 415. The molecule has 0 atom stereocenters. The minimum atomic E-state index is 0.0513. The molecule has 1 fully saturated rings. The molecule has 0 aliphatic carbocycles. The molecule has 7 nitrogen and oxygen atoms in total. The largest absolute Gasteiger partial charge is 0.394 e. The minimum absolute atomic E-state index is 0.0513. The van der Waals surface area contributed by atoms with Crippen LogP contribution in [0, 0.1) is 0 Å². The summed E-state index contributed by atoms with van der Waals surface area (Å²) in [6, 6.07) is 0. The van der Waals surface area contributed by atoms with Crippen LogP contribution in [0.15, 0.2) is 0 Å². The van der Waals surface area contributed by atoms with Gasteiger partial charge in [-0.3, -0.25) is 0 Å². The average molecular weight is 302 g/mol. The van der Waals surface area contributed by atoms with Gasteiger partial charge in [0.1, 0.15) is 0 Å². The SMILES string of the molecule is OCCOCCCNc1nc(Cl)nc(N2CCCC2)n1. The molecule has 0 amide bonds. The number of hydrogen-bond donors (Lipinski definition) is 2. The molecule has 1 aromatic heterocycles. The lowest BCUT2D eigenvalue weighted by Gasteiger charge is -2.15. The van der Waals surface area contributed by atoms with E-state index in [4.69, 9.17) is 21.4 Å². The van der Waals surface area contributed by atoms with Crippen LogP contribution in [0.1, 0.15) is 19.3 Å². The van der Waals surface area contributed by atoms with E-state index in [1.54, 1.807) is 0 Å². The van der Waals surface area contributed by atoms with Crippen molar-refractivity contribution in [3.63, 3.8) is 0 Å². The molecule has 1 aliphatic rings. The summed E-state index contributed by atoms with van der Waals surface area (Å²) in [6.07, 6.45) is 3.13. The Balaban J connectivity index is 1.81. The van der Waals surface area contributed by atoms with E-state index in [0.29, 0.717) is 31.7 Å². The normalized spacial score (nSPS) is 14.8. The van der Waals surface area contributed by atoms with Crippen LogP contribution in [0.3, 0.4) is 0 Å². The summed E-state index contributed by atoms with van der Waals surface area (Å²) in [4.78, 5) is 14.7. The summed E-state index contributed by atoms with van der Waals surface area (Å²) in [5.41, 5.74) is 0. The number of aromatic nitrogens is 3. The van der Waals surface area contributed by atoms with E-state index in [0.717, 1.165) is 32.4 Å². The third-order valence-corrected chi connectivity index (χ3v) is 3.14. The Hall–Kier alpha value is -1.18. The van der Waals surface area contributed by atoms with Gasteiger partial charge in [0.2, 0.25) is 17.2 Å². The van der Waals surface area contributed by atoms with Gasteiger partial charge in [0.25, 0.3) is 0 Å². The molecule has 20 heavy (non-hydrogen) atoms. The Morgan fingerprint density at radius 2 is 2.00 bits per heavy atom. The zero-order valence-electron chi connectivity index (χ0n) is 11.4.